The van der Waals surface area contributed by atoms with Gasteiger partial charge in [0.1, 0.15) is 7.85 Å². The maximum absolute atomic E-state index is 11.7. The van der Waals surface area contributed by atoms with E-state index in [1.165, 1.54) is 34.5 Å². The Hall–Kier alpha value is -2.88. The molecule has 2 atom stereocenters. The molecule has 0 amide bonds. The second-order valence-corrected chi connectivity index (χ2v) is 12.4. The van der Waals surface area contributed by atoms with Crippen LogP contribution in [0, 0.1) is 5.41 Å². The maximum atomic E-state index is 11.7. The molecule has 2 fully saturated rings. The molecule has 2 aliphatic rings. The lowest BCUT2D eigenvalue weighted by molar-refractivity contribution is -0.143. The van der Waals surface area contributed by atoms with Gasteiger partial charge in [-0.15, -0.1) is 0 Å². The predicted molar refractivity (Wildman–Crippen MR) is 167 cm³/mol. The highest BCUT2D eigenvalue weighted by atomic mass is 16.5. The van der Waals surface area contributed by atoms with Crippen LogP contribution in [0.5, 0.6) is 0 Å². The van der Waals surface area contributed by atoms with Crippen LogP contribution in [-0.4, -0.2) is 87.4 Å². The maximum Gasteiger partial charge on any atom is 0.302 e. The lowest BCUT2D eigenvalue weighted by atomic mass is 9.83. The zero-order valence-electron chi connectivity index (χ0n) is 25.8. The van der Waals surface area contributed by atoms with E-state index in [1.807, 2.05) is 6.20 Å². The molecule has 220 valence electrons. The molecule has 41 heavy (non-hydrogen) atoms. The molecular weight excluding hydrogens is 515 g/mol. The van der Waals surface area contributed by atoms with E-state index in [0.717, 1.165) is 69.3 Å². The van der Waals surface area contributed by atoms with Crippen molar-refractivity contribution in [3.8, 4) is 11.3 Å². The molecule has 4 heterocycles. The Balaban J connectivity index is 1.67. The molecule has 9 heteroatoms. The van der Waals surface area contributed by atoms with E-state index in [0.29, 0.717) is 12.6 Å². The first-order valence-corrected chi connectivity index (χ1v) is 15.0. The van der Waals surface area contributed by atoms with Gasteiger partial charge in [0.05, 0.1) is 55.2 Å². The van der Waals surface area contributed by atoms with Crippen molar-refractivity contribution in [2.45, 2.75) is 59.7 Å². The molecule has 0 radical (unpaired) electrons. The van der Waals surface area contributed by atoms with Crippen LogP contribution < -0.4 is 10.4 Å². The minimum Gasteiger partial charge on any atom is -0.465 e. The van der Waals surface area contributed by atoms with Crippen LogP contribution in [0.3, 0.4) is 0 Å². The summed E-state index contributed by atoms with van der Waals surface area (Å²) in [5.41, 5.74) is 7.78. The number of anilines is 1. The first-order valence-electron chi connectivity index (χ1n) is 15.0. The summed E-state index contributed by atoms with van der Waals surface area (Å²) < 4.78 is 19.6. The van der Waals surface area contributed by atoms with Crippen LogP contribution in [0.15, 0.2) is 30.5 Å². The van der Waals surface area contributed by atoms with Gasteiger partial charge in [-0.2, -0.15) is 0 Å². The van der Waals surface area contributed by atoms with Crippen LogP contribution in [-0.2, 0) is 32.0 Å². The van der Waals surface area contributed by atoms with Gasteiger partial charge in [0, 0.05) is 68.6 Å². The number of aromatic nitrogens is 2. The Labute approximate surface area is 245 Å². The van der Waals surface area contributed by atoms with Gasteiger partial charge in [-0.1, -0.05) is 31.4 Å². The van der Waals surface area contributed by atoms with Crippen LogP contribution in [0.25, 0.3) is 22.2 Å². The first-order chi connectivity index (χ1) is 19.6. The predicted octanol–water partition coefficient (Wildman–Crippen LogP) is 3.34. The SMILES string of the molecule is Bc1ccc2c(c1)c(CC(C)(C)COC(C)=O)c(-c1cc(N3CCN4CCOC[C@@H]4C3)cnc1[C@H](C)OC)n2CC. The summed E-state index contributed by atoms with van der Waals surface area (Å²) in [7, 11) is 3.89. The number of hydrogen-bond acceptors (Lipinski definition) is 7. The number of methoxy groups -OCH3 is 1. The number of piperazine rings is 1. The molecule has 3 aromatic rings. The van der Waals surface area contributed by atoms with E-state index in [2.05, 4.69) is 74.2 Å². The summed E-state index contributed by atoms with van der Waals surface area (Å²) >= 11 is 0. The Morgan fingerprint density at radius 3 is 2.78 bits per heavy atom. The summed E-state index contributed by atoms with van der Waals surface area (Å²) in [5, 5.41) is 1.24. The molecule has 5 rings (SSSR count). The van der Waals surface area contributed by atoms with Gasteiger partial charge in [-0.3, -0.25) is 14.7 Å². The monoisotopic (exact) mass is 560 g/mol. The topological polar surface area (TPSA) is 69.1 Å². The Morgan fingerprint density at radius 1 is 1.24 bits per heavy atom. The highest BCUT2D eigenvalue weighted by molar-refractivity contribution is 6.33. The van der Waals surface area contributed by atoms with E-state index >= 15 is 0 Å². The molecule has 1 aromatic carbocycles. The molecule has 0 N–H and O–H groups in total. The number of benzene rings is 1. The van der Waals surface area contributed by atoms with E-state index in [4.69, 9.17) is 19.2 Å². The number of esters is 1. The van der Waals surface area contributed by atoms with Crippen molar-refractivity contribution in [1.82, 2.24) is 14.5 Å². The highest BCUT2D eigenvalue weighted by Gasteiger charge is 2.32. The molecule has 0 aliphatic carbocycles. The zero-order valence-corrected chi connectivity index (χ0v) is 25.8. The number of aryl methyl sites for hydroxylation is 1. The number of morpholine rings is 1. The Bertz CT molecular complexity index is 1400. The Kier molecular flexibility index (Phi) is 8.78. The minimum atomic E-state index is -0.258. The van der Waals surface area contributed by atoms with Gasteiger partial charge in [-0.25, -0.2) is 0 Å². The number of pyridine rings is 1. The third-order valence-electron chi connectivity index (χ3n) is 8.66. The van der Waals surface area contributed by atoms with Gasteiger partial charge in [0.2, 0.25) is 0 Å². The number of hydrogen-bond donors (Lipinski definition) is 0. The third-order valence-corrected chi connectivity index (χ3v) is 8.66. The fraction of sp³-hybridized carbons (Fsp3) is 0.562. The van der Waals surface area contributed by atoms with Crippen LogP contribution in [0.1, 0.15) is 52.0 Å². The van der Waals surface area contributed by atoms with E-state index in [-0.39, 0.29) is 17.5 Å². The van der Waals surface area contributed by atoms with Crippen LogP contribution >= 0.6 is 0 Å². The van der Waals surface area contributed by atoms with Crippen molar-refractivity contribution >= 4 is 35.9 Å². The van der Waals surface area contributed by atoms with Crippen LogP contribution in [0.4, 0.5) is 5.69 Å². The smallest absolute Gasteiger partial charge is 0.302 e. The van der Waals surface area contributed by atoms with Crippen molar-refractivity contribution < 1.29 is 19.0 Å². The number of fused-ring (bicyclic) bond motifs is 2. The molecule has 0 saturated carbocycles. The number of carbonyl (C=O) groups excluding carboxylic acids is 1. The normalized spacial score (nSPS) is 18.9. The van der Waals surface area contributed by atoms with E-state index < -0.39 is 0 Å². The summed E-state index contributed by atoms with van der Waals surface area (Å²) in [5.74, 6) is -0.248. The van der Waals surface area contributed by atoms with Crippen molar-refractivity contribution in [1.29, 1.82) is 0 Å². The number of carbonyl (C=O) groups is 1. The Morgan fingerprint density at radius 2 is 2.05 bits per heavy atom. The largest absolute Gasteiger partial charge is 0.465 e. The molecular formula is C32H45BN4O4. The molecule has 2 aromatic heterocycles. The molecule has 8 nitrogen and oxygen atoms in total. The summed E-state index contributed by atoms with van der Waals surface area (Å²) in [6.45, 7) is 16.8. The molecule has 2 saturated heterocycles. The lowest BCUT2D eigenvalue weighted by Gasteiger charge is -2.44. The fourth-order valence-corrected chi connectivity index (χ4v) is 6.42. The van der Waals surface area contributed by atoms with Gasteiger partial charge in [-0.05, 0) is 38.0 Å². The van der Waals surface area contributed by atoms with E-state index in [9.17, 15) is 4.79 Å². The van der Waals surface area contributed by atoms with Crippen molar-refractivity contribution in [2.24, 2.45) is 5.41 Å². The minimum absolute atomic E-state index is 0.172. The summed E-state index contributed by atoms with van der Waals surface area (Å²) in [6, 6.07) is 9.44. The second kappa shape index (κ2) is 12.2. The van der Waals surface area contributed by atoms with Crippen molar-refractivity contribution in [3.63, 3.8) is 0 Å². The zero-order chi connectivity index (χ0) is 29.3. The van der Waals surface area contributed by atoms with Gasteiger partial charge >= 0.3 is 5.97 Å². The van der Waals surface area contributed by atoms with E-state index in [1.54, 1.807) is 7.11 Å². The molecule has 0 spiro atoms. The quantitative estimate of drug-likeness (QED) is 0.294. The average Bonchev–Trinajstić information content (AvgIpc) is 3.26. The van der Waals surface area contributed by atoms with Crippen molar-refractivity contribution in [2.75, 3.05) is 58.0 Å². The third kappa shape index (κ3) is 6.18. The molecule has 0 unspecified atom stereocenters. The van der Waals surface area contributed by atoms with Crippen LogP contribution in [0.2, 0.25) is 0 Å². The first kappa shape index (κ1) is 29.6. The number of ether oxygens (including phenoxy) is 3. The average molecular weight is 561 g/mol. The summed E-state index contributed by atoms with van der Waals surface area (Å²) in [6.07, 6.45) is 2.60. The fourth-order valence-electron chi connectivity index (χ4n) is 6.42. The van der Waals surface area contributed by atoms with Gasteiger partial charge < -0.3 is 23.7 Å². The molecule has 0 bridgehead atoms. The van der Waals surface area contributed by atoms with Gasteiger partial charge in [0.25, 0.3) is 0 Å². The molecule has 2 aliphatic heterocycles. The summed E-state index contributed by atoms with van der Waals surface area (Å²) in [4.78, 5) is 21.8. The standard InChI is InChI=1S/C32H45BN4O4/c1-7-37-29-9-8-23(33)14-26(29)28(16-32(4,5)20-41-22(3)38)31(37)27-15-24(17-34-30(27)21(2)39-6)36-11-10-35-12-13-40-19-25(35)18-36/h8-9,14-15,17,21,25H,7,10-13,16,18-20,33H2,1-6H3/t21-,25-/m0/s1. The highest BCUT2D eigenvalue weighted by Crippen LogP contribution is 2.41. The second-order valence-electron chi connectivity index (χ2n) is 12.4. The number of rotatable bonds is 9. The van der Waals surface area contributed by atoms with Crippen molar-refractivity contribution in [3.05, 3.63) is 41.7 Å². The van der Waals surface area contributed by atoms with Gasteiger partial charge in [0.15, 0.2) is 0 Å². The number of nitrogens with zero attached hydrogens (tertiary/aromatic N) is 4. The lowest BCUT2D eigenvalue weighted by Crippen LogP contribution is -2.58.